The first-order valence-electron chi connectivity index (χ1n) is 9.57. The van der Waals surface area contributed by atoms with Crippen LogP contribution in [0.2, 0.25) is 5.02 Å². The number of aromatic nitrogens is 2. The summed E-state index contributed by atoms with van der Waals surface area (Å²) in [6.07, 6.45) is -4.72. The molecule has 0 bridgehead atoms. The van der Waals surface area contributed by atoms with Gasteiger partial charge in [-0.25, -0.2) is 4.98 Å². The lowest BCUT2D eigenvalue weighted by Gasteiger charge is -2.17. The molecule has 3 aromatic rings. The summed E-state index contributed by atoms with van der Waals surface area (Å²) in [5.74, 6) is -0.250. The summed E-state index contributed by atoms with van der Waals surface area (Å²) in [6.45, 7) is -0.0479. The van der Waals surface area contributed by atoms with Crippen molar-refractivity contribution in [3.05, 3.63) is 86.8 Å². The van der Waals surface area contributed by atoms with Crippen LogP contribution in [0.25, 0.3) is 0 Å². The Morgan fingerprint density at radius 1 is 1.03 bits per heavy atom. The molecule has 1 aliphatic heterocycles. The Balaban J connectivity index is 1.77. The molecule has 1 amide bonds. The summed E-state index contributed by atoms with van der Waals surface area (Å²) in [7, 11) is 1.51. The molecule has 1 atom stereocenters. The van der Waals surface area contributed by atoms with Crippen molar-refractivity contribution in [2.75, 3.05) is 12.0 Å². The molecule has 0 aliphatic carbocycles. The van der Waals surface area contributed by atoms with E-state index in [9.17, 15) is 22.8 Å². The maximum absolute atomic E-state index is 13.3. The Morgan fingerprint density at radius 2 is 1.66 bits per heavy atom. The number of nitrogens with zero attached hydrogens (tertiary/aromatic N) is 3. The molecular formula is C22H17ClF3N3O3. The highest BCUT2D eigenvalue weighted by Gasteiger charge is 2.42. The zero-order valence-corrected chi connectivity index (χ0v) is 17.5. The monoisotopic (exact) mass is 463 g/mol. The van der Waals surface area contributed by atoms with Crippen molar-refractivity contribution in [3.8, 4) is 5.75 Å². The van der Waals surface area contributed by atoms with Gasteiger partial charge in [-0.05, 0) is 35.4 Å². The second-order valence-corrected chi connectivity index (χ2v) is 7.70. The third-order valence-corrected chi connectivity index (χ3v) is 5.42. The molecule has 166 valence electrons. The molecule has 1 aliphatic rings. The van der Waals surface area contributed by atoms with E-state index in [1.165, 1.54) is 7.11 Å². The quantitative estimate of drug-likeness (QED) is 0.567. The fraction of sp³-hybridized carbons (Fsp3) is 0.227. The maximum Gasteiger partial charge on any atom is 0.433 e. The van der Waals surface area contributed by atoms with E-state index in [1.54, 1.807) is 48.5 Å². The van der Waals surface area contributed by atoms with Crippen LogP contribution in [0.3, 0.4) is 0 Å². The van der Waals surface area contributed by atoms with E-state index in [4.69, 9.17) is 16.3 Å². The number of carbonyl (C=O) groups is 1. The summed E-state index contributed by atoms with van der Waals surface area (Å²) in [4.78, 5) is 30.7. The van der Waals surface area contributed by atoms with E-state index in [0.717, 1.165) is 9.47 Å². The van der Waals surface area contributed by atoms with Crippen molar-refractivity contribution in [1.82, 2.24) is 9.55 Å². The summed E-state index contributed by atoms with van der Waals surface area (Å²) in [5.41, 5.74) is -0.929. The lowest BCUT2D eigenvalue weighted by molar-refractivity contribution is -0.141. The molecule has 0 spiro atoms. The molecule has 10 heteroatoms. The SMILES string of the molecule is COc1ccc(CN2C(=O)C(Cc3ccc(Cl)cc3)n3c2nc(C(F)(F)F)cc3=O)cc1. The topological polar surface area (TPSA) is 64.4 Å². The zero-order chi connectivity index (χ0) is 23.0. The minimum absolute atomic E-state index is 0.0479. The summed E-state index contributed by atoms with van der Waals surface area (Å²) in [5, 5.41) is 0.502. The standard InChI is InChI=1S/C22H17ClF3N3O3/c1-32-16-8-4-14(5-9-16)12-28-20(31)17(10-13-2-6-15(23)7-3-13)29-19(30)11-18(22(24,25)26)27-21(28)29/h2-9,11,17H,10,12H2,1H3. The van der Waals surface area contributed by atoms with E-state index in [0.29, 0.717) is 28.0 Å². The molecule has 0 saturated heterocycles. The molecular weight excluding hydrogens is 447 g/mol. The molecule has 32 heavy (non-hydrogen) atoms. The maximum atomic E-state index is 13.3. The molecule has 0 N–H and O–H groups in total. The molecule has 0 radical (unpaired) electrons. The minimum Gasteiger partial charge on any atom is -0.497 e. The Labute approximate surface area is 185 Å². The van der Waals surface area contributed by atoms with Crippen LogP contribution in [0.5, 0.6) is 5.75 Å². The molecule has 1 aromatic heterocycles. The first-order chi connectivity index (χ1) is 15.2. The summed E-state index contributed by atoms with van der Waals surface area (Å²) in [6, 6.07) is 12.8. The number of benzene rings is 2. The number of anilines is 1. The third kappa shape index (κ3) is 4.20. The first-order valence-corrected chi connectivity index (χ1v) is 9.94. The summed E-state index contributed by atoms with van der Waals surface area (Å²) >= 11 is 5.90. The van der Waals surface area contributed by atoms with Crippen LogP contribution in [0.15, 0.2) is 59.4 Å². The van der Waals surface area contributed by atoms with Gasteiger partial charge < -0.3 is 4.74 Å². The lowest BCUT2D eigenvalue weighted by Crippen LogP contribution is -2.30. The van der Waals surface area contributed by atoms with Gasteiger partial charge in [0.15, 0.2) is 5.69 Å². The third-order valence-electron chi connectivity index (χ3n) is 5.17. The predicted octanol–water partition coefficient (Wildman–Crippen LogP) is 4.25. The number of halogens is 4. The number of carbonyl (C=O) groups excluding carboxylic acids is 1. The van der Waals surface area contributed by atoms with Gasteiger partial charge in [-0.3, -0.25) is 19.1 Å². The van der Waals surface area contributed by atoms with Gasteiger partial charge in [0.25, 0.3) is 11.5 Å². The normalized spacial score (nSPS) is 15.7. The van der Waals surface area contributed by atoms with Crippen molar-refractivity contribution in [2.24, 2.45) is 0 Å². The minimum atomic E-state index is -4.82. The van der Waals surface area contributed by atoms with Crippen molar-refractivity contribution < 1.29 is 22.7 Å². The number of ether oxygens (including phenoxy) is 1. The highest BCUT2D eigenvalue weighted by molar-refractivity contribution is 6.30. The lowest BCUT2D eigenvalue weighted by atomic mass is 10.1. The van der Waals surface area contributed by atoms with Crippen LogP contribution in [0.4, 0.5) is 19.1 Å². The molecule has 4 rings (SSSR count). The zero-order valence-electron chi connectivity index (χ0n) is 16.8. The molecule has 2 aromatic carbocycles. The number of amides is 1. The van der Waals surface area contributed by atoms with Crippen molar-refractivity contribution in [1.29, 1.82) is 0 Å². The fourth-order valence-electron chi connectivity index (χ4n) is 3.58. The van der Waals surface area contributed by atoms with Crippen molar-refractivity contribution in [2.45, 2.75) is 25.2 Å². The van der Waals surface area contributed by atoms with E-state index in [-0.39, 0.29) is 18.9 Å². The number of hydrogen-bond donors (Lipinski definition) is 0. The van der Waals surface area contributed by atoms with Crippen LogP contribution < -0.4 is 15.2 Å². The van der Waals surface area contributed by atoms with E-state index >= 15 is 0 Å². The number of hydrogen-bond acceptors (Lipinski definition) is 4. The van der Waals surface area contributed by atoms with Gasteiger partial charge in [0.1, 0.15) is 11.8 Å². The van der Waals surface area contributed by atoms with Crippen LogP contribution in [-0.4, -0.2) is 22.6 Å². The van der Waals surface area contributed by atoms with Gasteiger partial charge in [0, 0.05) is 17.5 Å². The molecule has 1 unspecified atom stereocenters. The van der Waals surface area contributed by atoms with E-state index in [2.05, 4.69) is 4.98 Å². The van der Waals surface area contributed by atoms with Crippen molar-refractivity contribution >= 4 is 23.5 Å². The Bertz CT molecular complexity index is 1210. The van der Waals surface area contributed by atoms with E-state index in [1.807, 2.05) is 0 Å². The fourth-order valence-corrected chi connectivity index (χ4v) is 3.71. The van der Waals surface area contributed by atoms with Gasteiger partial charge in [-0.2, -0.15) is 13.2 Å². The Hall–Kier alpha value is -3.33. The number of rotatable bonds is 5. The Kier molecular flexibility index (Phi) is 5.68. The molecule has 2 heterocycles. The highest BCUT2D eigenvalue weighted by atomic mass is 35.5. The average molecular weight is 464 g/mol. The van der Waals surface area contributed by atoms with Crippen LogP contribution in [0.1, 0.15) is 22.9 Å². The van der Waals surface area contributed by atoms with Gasteiger partial charge >= 0.3 is 6.18 Å². The van der Waals surface area contributed by atoms with Gasteiger partial charge in [0.05, 0.1) is 13.7 Å². The number of fused-ring (bicyclic) bond motifs is 1. The van der Waals surface area contributed by atoms with Crippen LogP contribution >= 0.6 is 11.6 Å². The van der Waals surface area contributed by atoms with Crippen LogP contribution in [0, 0.1) is 0 Å². The number of alkyl halides is 3. The van der Waals surface area contributed by atoms with E-state index < -0.39 is 29.4 Å². The van der Waals surface area contributed by atoms with Gasteiger partial charge in [-0.15, -0.1) is 0 Å². The van der Waals surface area contributed by atoms with Crippen LogP contribution in [-0.2, 0) is 23.9 Å². The predicted molar refractivity (Wildman–Crippen MR) is 112 cm³/mol. The second kappa shape index (κ2) is 8.31. The molecule has 0 saturated carbocycles. The van der Waals surface area contributed by atoms with Gasteiger partial charge in [-0.1, -0.05) is 35.9 Å². The largest absolute Gasteiger partial charge is 0.497 e. The van der Waals surface area contributed by atoms with Gasteiger partial charge in [0.2, 0.25) is 5.95 Å². The van der Waals surface area contributed by atoms with Crippen molar-refractivity contribution in [3.63, 3.8) is 0 Å². The molecule has 6 nitrogen and oxygen atoms in total. The average Bonchev–Trinajstić information content (AvgIpc) is 3.01. The summed E-state index contributed by atoms with van der Waals surface area (Å²) < 4.78 is 46.1. The first kappa shape index (κ1) is 21.9. The second-order valence-electron chi connectivity index (χ2n) is 7.27. The number of methoxy groups -OCH3 is 1. The highest BCUT2D eigenvalue weighted by Crippen LogP contribution is 2.34. The molecule has 0 fully saturated rings. The Morgan fingerprint density at radius 3 is 2.25 bits per heavy atom. The smallest absolute Gasteiger partial charge is 0.433 e.